The number of nitrogens with zero attached hydrogens (tertiary/aromatic N) is 4. The van der Waals surface area contributed by atoms with Crippen molar-refractivity contribution >= 4 is 21.4 Å². The molecule has 3 heterocycles. The number of hydrogen-bond donors (Lipinski definition) is 0. The maximum Gasteiger partial charge on any atom is 0.152 e. The van der Waals surface area contributed by atoms with Crippen molar-refractivity contribution in [1.29, 1.82) is 0 Å². The quantitative estimate of drug-likeness (QED) is 0.687. The van der Waals surface area contributed by atoms with Gasteiger partial charge in [0.1, 0.15) is 5.82 Å². The smallest absolute Gasteiger partial charge is 0.152 e. The summed E-state index contributed by atoms with van der Waals surface area (Å²) in [7, 11) is -2.97. The second-order valence-corrected chi connectivity index (χ2v) is 9.26. The van der Waals surface area contributed by atoms with Gasteiger partial charge in [-0.05, 0) is 32.4 Å². The summed E-state index contributed by atoms with van der Waals surface area (Å²) in [5.41, 5.74) is 3.52. The van der Waals surface area contributed by atoms with E-state index in [0.29, 0.717) is 11.4 Å². The zero-order chi connectivity index (χ0) is 18.5. The van der Waals surface area contributed by atoms with Crippen LogP contribution in [0.5, 0.6) is 0 Å². The van der Waals surface area contributed by atoms with Crippen LogP contribution in [-0.2, 0) is 9.84 Å². The lowest BCUT2D eigenvalue weighted by Crippen LogP contribution is -2.14. The largest absolute Gasteiger partial charge is 0.296 e. The molecule has 0 bridgehead atoms. The molecule has 4 rings (SSSR count). The molecular weight excluding hydrogens is 372 g/mol. The molecule has 0 spiro atoms. The Labute approximate surface area is 157 Å². The minimum absolute atomic E-state index is 0.111. The Morgan fingerprint density at radius 2 is 2.00 bits per heavy atom. The van der Waals surface area contributed by atoms with Gasteiger partial charge in [0.2, 0.25) is 0 Å². The van der Waals surface area contributed by atoms with Crippen molar-refractivity contribution in [3.05, 3.63) is 53.1 Å². The van der Waals surface area contributed by atoms with E-state index in [1.807, 2.05) is 53.6 Å². The number of benzene rings is 1. The van der Waals surface area contributed by atoms with E-state index in [2.05, 4.69) is 10.1 Å². The second-order valence-electron chi connectivity index (χ2n) is 6.62. The highest BCUT2D eigenvalue weighted by molar-refractivity contribution is 7.91. The van der Waals surface area contributed by atoms with Crippen molar-refractivity contribution < 1.29 is 8.42 Å². The fourth-order valence-corrected chi connectivity index (χ4v) is 5.56. The van der Waals surface area contributed by atoms with E-state index in [1.54, 1.807) is 6.20 Å². The van der Waals surface area contributed by atoms with Gasteiger partial charge in [-0.3, -0.25) is 9.25 Å². The summed E-state index contributed by atoms with van der Waals surface area (Å²) >= 11 is 6.35. The van der Waals surface area contributed by atoms with E-state index in [4.69, 9.17) is 11.6 Å². The van der Waals surface area contributed by atoms with Gasteiger partial charge in [0.25, 0.3) is 0 Å². The van der Waals surface area contributed by atoms with Crippen LogP contribution < -0.4 is 0 Å². The first-order chi connectivity index (χ1) is 12.4. The molecule has 3 aromatic rings. The molecule has 0 radical (unpaired) electrons. The lowest BCUT2D eigenvalue weighted by atomic mass is 10.2. The Kier molecular flexibility index (Phi) is 4.16. The van der Waals surface area contributed by atoms with Crippen molar-refractivity contribution in [2.75, 3.05) is 11.5 Å². The molecule has 0 amide bonds. The van der Waals surface area contributed by atoms with Gasteiger partial charge >= 0.3 is 0 Å². The standard InChI is InChI=1S/C18H19ClN4O2S/c1-12-17(13(2)23(21-12)14-7-10-26(24,25)11-14)22-9-8-20-18(22)15-5-3-4-6-16(15)19/h3-6,8-9,14H,7,10-11H2,1-2H3. The monoisotopic (exact) mass is 390 g/mol. The van der Waals surface area contributed by atoms with E-state index in [-0.39, 0.29) is 17.5 Å². The van der Waals surface area contributed by atoms with Crippen LogP contribution in [0.25, 0.3) is 17.1 Å². The molecule has 8 heteroatoms. The third-order valence-corrected chi connectivity index (χ3v) is 6.92. The Bertz CT molecular complexity index is 1080. The van der Waals surface area contributed by atoms with Crippen LogP contribution in [0.2, 0.25) is 5.02 Å². The van der Waals surface area contributed by atoms with Crippen molar-refractivity contribution in [2.45, 2.75) is 26.3 Å². The topological polar surface area (TPSA) is 69.8 Å². The molecule has 1 unspecified atom stereocenters. The summed E-state index contributed by atoms with van der Waals surface area (Å²) in [6.45, 7) is 3.90. The van der Waals surface area contributed by atoms with Gasteiger partial charge in [0, 0.05) is 18.0 Å². The Morgan fingerprint density at radius 3 is 2.69 bits per heavy atom. The van der Waals surface area contributed by atoms with Gasteiger partial charge in [-0.2, -0.15) is 5.10 Å². The Hall–Kier alpha value is -2.12. The van der Waals surface area contributed by atoms with Crippen LogP contribution in [-0.4, -0.2) is 39.3 Å². The fourth-order valence-electron chi connectivity index (χ4n) is 3.65. The molecule has 1 fully saturated rings. The van der Waals surface area contributed by atoms with Gasteiger partial charge in [0.15, 0.2) is 9.84 Å². The van der Waals surface area contributed by atoms with Crippen LogP contribution in [0.3, 0.4) is 0 Å². The molecule has 1 saturated heterocycles. The molecule has 0 aliphatic carbocycles. The average Bonchev–Trinajstić information content (AvgIpc) is 3.26. The van der Waals surface area contributed by atoms with Gasteiger partial charge in [-0.1, -0.05) is 23.7 Å². The summed E-state index contributed by atoms with van der Waals surface area (Å²) < 4.78 is 27.5. The number of halogens is 1. The first-order valence-corrected chi connectivity index (χ1v) is 10.6. The van der Waals surface area contributed by atoms with Crippen molar-refractivity contribution in [1.82, 2.24) is 19.3 Å². The molecule has 1 atom stereocenters. The predicted molar refractivity (Wildman–Crippen MR) is 102 cm³/mol. The lowest BCUT2D eigenvalue weighted by molar-refractivity contribution is 0.486. The lowest BCUT2D eigenvalue weighted by Gasteiger charge is -2.13. The highest BCUT2D eigenvalue weighted by atomic mass is 35.5. The summed E-state index contributed by atoms with van der Waals surface area (Å²) in [6.07, 6.45) is 4.21. The van der Waals surface area contributed by atoms with Gasteiger partial charge in [0.05, 0.1) is 39.6 Å². The van der Waals surface area contributed by atoms with E-state index in [1.165, 1.54) is 0 Å². The average molecular weight is 391 g/mol. The van der Waals surface area contributed by atoms with Gasteiger partial charge < -0.3 is 0 Å². The first kappa shape index (κ1) is 17.3. The number of imidazole rings is 1. The van der Waals surface area contributed by atoms with Gasteiger partial charge in [-0.25, -0.2) is 13.4 Å². The van der Waals surface area contributed by atoms with Crippen molar-refractivity contribution in [3.8, 4) is 17.1 Å². The zero-order valence-electron chi connectivity index (χ0n) is 14.6. The highest BCUT2D eigenvalue weighted by Gasteiger charge is 2.32. The maximum absolute atomic E-state index is 11.9. The summed E-state index contributed by atoms with van der Waals surface area (Å²) in [5.74, 6) is 1.11. The number of sulfone groups is 1. The van der Waals surface area contributed by atoms with E-state index >= 15 is 0 Å². The summed E-state index contributed by atoms with van der Waals surface area (Å²) in [4.78, 5) is 4.48. The second kappa shape index (κ2) is 6.25. The molecule has 6 nitrogen and oxygen atoms in total. The zero-order valence-corrected chi connectivity index (χ0v) is 16.1. The normalized spacial score (nSPS) is 19.1. The number of aryl methyl sites for hydroxylation is 1. The Morgan fingerprint density at radius 1 is 1.23 bits per heavy atom. The fraction of sp³-hybridized carbons (Fsp3) is 0.333. The number of rotatable bonds is 3. The van der Waals surface area contributed by atoms with Crippen LogP contribution in [0.15, 0.2) is 36.7 Å². The summed E-state index contributed by atoms with van der Waals surface area (Å²) in [6, 6.07) is 7.46. The Balaban J connectivity index is 1.82. The molecule has 1 aliphatic rings. The van der Waals surface area contributed by atoms with Crippen LogP contribution in [0.4, 0.5) is 0 Å². The minimum Gasteiger partial charge on any atom is -0.296 e. The predicted octanol–water partition coefficient (Wildman–Crippen LogP) is 3.37. The molecule has 2 aromatic heterocycles. The van der Waals surface area contributed by atoms with Crippen molar-refractivity contribution in [3.63, 3.8) is 0 Å². The molecule has 1 aliphatic heterocycles. The third-order valence-electron chi connectivity index (χ3n) is 4.84. The summed E-state index contributed by atoms with van der Waals surface area (Å²) in [5, 5.41) is 5.27. The van der Waals surface area contributed by atoms with Crippen molar-refractivity contribution in [2.24, 2.45) is 0 Å². The van der Waals surface area contributed by atoms with E-state index < -0.39 is 9.84 Å². The molecule has 0 N–H and O–H groups in total. The molecule has 1 aromatic carbocycles. The van der Waals surface area contributed by atoms with Crippen LogP contribution in [0.1, 0.15) is 23.9 Å². The van der Waals surface area contributed by atoms with Gasteiger partial charge in [-0.15, -0.1) is 0 Å². The minimum atomic E-state index is -2.97. The number of hydrogen-bond acceptors (Lipinski definition) is 4. The highest BCUT2D eigenvalue weighted by Crippen LogP contribution is 2.32. The SMILES string of the molecule is Cc1nn(C2CCS(=O)(=O)C2)c(C)c1-n1ccnc1-c1ccccc1Cl. The molecule has 0 saturated carbocycles. The first-order valence-electron chi connectivity index (χ1n) is 8.42. The molecular formula is C18H19ClN4O2S. The van der Waals surface area contributed by atoms with E-state index in [9.17, 15) is 8.42 Å². The third kappa shape index (κ3) is 2.85. The molecule has 26 heavy (non-hydrogen) atoms. The van der Waals surface area contributed by atoms with Crippen LogP contribution >= 0.6 is 11.6 Å². The van der Waals surface area contributed by atoms with E-state index in [0.717, 1.165) is 28.5 Å². The van der Waals surface area contributed by atoms with Crippen LogP contribution in [0, 0.1) is 13.8 Å². The maximum atomic E-state index is 11.9. The molecule has 136 valence electrons. The number of aromatic nitrogens is 4.